The standard InChI is InChI=1S/C57H40N2.C48H32N2/c1-57(2)51-19-11-9-17-45(51)46-31-28-44(36-52(46)57)59-53-20-12-10-18-47(53)48-29-23-41(34-55(48)59)42-24-30-49-50-33-40(38-15-7-4-8-16-38)25-32-54(50)58(56(49)35-42)43-26-21-39(22-27-43)37-13-5-3-6-14-37;1-4-12-33(13-5-1)35-20-25-40(26-21-35)50-45-19-11-10-18-41(45)42-27-22-37(31-47(42)50)38-23-28-43-44-30-36(34-14-6-2-7-15-34)24-29-46(44)49(48(43)32-38)39-16-8-3-9-17-39/h3-36H,1-2H3;1-32H. The molecule has 0 spiro atoms. The topological polar surface area (TPSA) is 19.7 Å². The van der Waals surface area contributed by atoms with Gasteiger partial charge in [0.15, 0.2) is 0 Å². The quantitative estimate of drug-likeness (QED) is 0.130. The van der Waals surface area contributed by atoms with Crippen molar-refractivity contribution in [2.75, 3.05) is 0 Å². The molecule has 0 unspecified atom stereocenters. The van der Waals surface area contributed by atoms with Crippen LogP contribution in [0.1, 0.15) is 25.0 Å². The van der Waals surface area contributed by atoms with E-state index in [4.69, 9.17) is 0 Å². The van der Waals surface area contributed by atoms with Gasteiger partial charge in [0, 0.05) is 71.3 Å². The van der Waals surface area contributed by atoms with E-state index in [2.05, 4.69) is 432 Å². The highest BCUT2D eigenvalue weighted by Gasteiger charge is 2.36. The Morgan fingerprint density at radius 1 is 0.156 bits per heavy atom. The molecule has 1 aliphatic rings. The highest BCUT2D eigenvalue weighted by atomic mass is 15.0. The van der Waals surface area contributed by atoms with Gasteiger partial charge in [-0.15, -0.1) is 0 Å². The van der Waals surface area contributed by atoms with Gasteiger partial charge in [0.25, 0.3) is 0 Å². The summed E-state index contributed by atoms with van der Waals surface area (Å²) in [6, 6.07) is 147. The second-order valence-electron chi connectivity index (χ2n) is 29.6. The normalized spacial score (nSPS) is 12.4. The van der Waals surface area contributed by atoms with E-state index in [0.717, 1.165) is 17.1 Å². The van der Waals surface area contributed by atoms with Crippen LogP contribution in [0.15, 0.2) is 400 Å². The van der Waals surface area contributed by atoms with Crippen molar-refractivity contribution in [3.8, 4) is 101 Å². The number of hydrogen-bond acceptors (Lipinski definition) is 0. The molecule has 0 atom stereocenters. The Bertz CT molecular complexity index is 7120. The molecule has 21 aromatic rings. The molecule has 0 aliphatic heterocycles. The monoisotopic (exact) mass is 1390 g/mol. The molecule has 0 fully saturated rings. The van der Waals surface area contributed by atoms with Crippen LogP contribution in [0.2, 0.25) is 0 Å². The second kappa shape index (κ2) is 25.6. The SMILES string of the molecule is CC1(C)c2ccccc2-c2ccc(-n3c4ccccc4c4ccc(-c5ccc6c7cc(-c8ccccc8)ccc7n(-c7ccc(-c8ccccc8)cc7)c6c5)cc43)cc21.c1ccc(-c2ccc(-n3c4ccccc4c4ccc(-c5ccc6c7cc(-c8ccccc8)ccc7n(-c7ccccc7)c6c5)cc43)cc2)cc1. The largest absolute Gasteiger partial charge is 0.309 e. The van der Waals surface area contributed by atoms with Gasteiger partial charge in [-0.25, -0.2) is 0 Å². The molecule has 4 heterocycles. The number of nitrogens with zero attached hydrogens (tertiary/aromatic N) is 4. The average Bonchev–Trinajstić information content (AvgIpc) is 1.57. The van der Waals surface area contributed by atoms with Crippen molar-refractivity contribution >= 4 is 87.2 Å². The van der Waals surface area contributed by atoms with Crippen LogP contribution in [0.3, 0.4) is 0 Å². The van der Waals surface area contributed by atoms with Crippen molar-refractivity contribution < 1.29 is 0 Å². The van der Waals surface area contributed by atoms with Crippen LogP contribution in [0.25, 0.3) is 188 Å². The number of hydrogen-bond donors (Lipinski definition) is 0. The molecule has 0 radical (unpaired) electrons. The van der Waals surface area contributed by atoms with Crippen molar-refractivity contribution in [1.29, 1.82) is 0 Å². The first-order valence-corrected chi connectivity index (χ1v) is 37.8. The fourth-order valence-corrected chi connectivity index (χ4v) is 17.7. The number of aromatic nitrogens is 4. The third-order valence-electron chi connectivity index (χ3n) is 23.1. The van der Waals surface area contributed by atoms with Gasteiger partial charge in [-0.05, 0) is 198 Å². The summed E-state index contributed by atoms with van der Waals surface area (Å²) in [5.74, 6) is 0. The molecule has 22 rings (SSSR count). The third-order valence-corrected chi connectivity index (χ3v) is 23.1. The van der Waals surface area contributed by atoms with Crippen molar-refractivity contribution in [3.05, 3.63) is 412 Å². The summed E-state index contributed by atoms with van der Waals surface area (Å²) < 4.78 is 9.74. The smallest absolute Gasteiger partial charge is 0.0547 e. The first-order chi connectivity index (χ1) is 53.8. The molecule has 0 bridgehead atoms. The molecule has 1 aliphatic carbocycles. The van der Waals surface area contributed by atoms with Gasteiger partial charge < -0.3 is 18.3 Å². The predicted octanol–water partition coefficient (Wildman–Crippen LogP) is 28.1. The van der Waals surface area contributed by atoms with Crippen LogP contribution in [0.4, 0.5) is 0 Å². The van der Waals surface area contributed by atoms with E-state index >= 15 is 0 Å². The molecule has 17 aromatic carbocycles. The molecule has 0 N–H and O–H groups in total. The predicted molar refractivity (Wildman–Crippen MR) is 460 cm³/mol. The van der Waals surface area contributed by atoms with E-state index < -0.39 is 0 Å². The summed E-state index contributed by atoms with van der Waals surface area (Å²) in [5, 5.41) is 10.0. The lowest BCUT2D eigenvalue weighted by Crippen LogP contribution is -2.15. The van der Waals surface area contributed by atoms with Crippen LogP contribution in [0.5, 0.6) is 0 Å². The zero-order valence-electron chi connectivity index (χ0n) is 60.4. The van der Waals surface area contributed by atoms with E-state index in [1.807, 2.05) is 0 Å². The van der Waals surface area contributed by atoms with E-state index in [-0.39, 0.29) is 5.41 Å². The summed E-state index contributed by atoms with van der Waals surface area (Å²) in [7, 11) is 0. The van der Waals surface area contributed by atoms with Gasteiger partial charge in [-0.3, -0.25) is 0 Å². The number of para-hydroxylation sites is 3. The van der Waals surface area contributed by atoms with Crippen molar-refractivity contribution in [3.63, 3.8) is 0 Å². The minimum atomic E-state index is -0.0799. The summed E-state index contributed by atoms with van der Waals surface area (Å²) in [6.45, 7) is 4.72. The molecule has 4 nitrogen and oxygen atoms in total. The van der Waals surface area contributed by atoms with Crippen LogP contribution >= 0.6 is 0 Å². The van der Waals surface area contributed by atoms with Gasteiger partial charge in [0.2, 0.25) is 0 Å². The maximum absolute atomic E-state index is 2.47. The third kappa shape index (κ3) is 10.6. The van der Waals surface area contributed by atoms with Gasteiger partial charge in [0.1, 0.15) is 0 Å². The van der Waals surface area contributed by atoms with Gasteiger partial charge in [0.05, 0.1) is 44.1 Å². The Kier molecular flexibility index (Phi) is 14.9. The number of fused-ring (bicyclic) bond motifs is 15. The van der Waals surface area contributed by atoms with Crippen LogP contribution in [-0.4, -0.2) is 18.3 Å². The summed E-state index contributed by atoms with van der Waals surface area (Å²) in [6.07, 6.45) is 0. The first-order valence-electron chi connectivity index (χ1n) is 37.8. The van der Waals surface area contributed by atoms with Crippen molar-refractivity contribution in [1.82, 2.24) is 18.3 Å². The van der Waals surface area contributed by atoms with E-state index in [1.54, 1.807) is 0 Å². The number of rotatable bonds is 10. The molecule has 512 valence electrons. The molecule has 4 heteroatoms. The maximum atomic E-state index is 2.47. The van der Waals surface area contributed by atoms with Gasteiger partial charge in [-0.2, -0.15) is 0 Å². The lowest BCUT2D eigenvalue weighted by atomic mass is 9.82. The second-order valence-corrected chi connectivity index (χ2v) is 29.6. The molecule has 4 aromatic heterocycles. The molecular formula is C105H72N4. The highest BCUT2D eigenvalue weighted by molar-refractivity contribution is 6.15. The number of benzene rings is 17. The van der Waals surface area contributed by atoms with Crippen LogP contribution in [0, 0.1) is 0 Å². The molecule has 0 saturated heterocycles. The van der Waals surface area contributed by atoms with E-state index in [1.165, 1.54) is 182 Å². The Balaban J connectivity index is 0.000000141. The van der Waals surface area contributed by atoms with Gasteiger partial charge in [-0.1, -0.05) is 305 Å². The minimum absolute atomic E-state index is 0.0799. The Morgan fingerprint density at radius 3 is 0.844 bits per heavy atom. The zero-order valence-corrected chi connectivity index (χ0v) is 60.4. The Labute approximate surface area is 632 Å². The lowest BCUT2D eigenvalue weighted by Gasteiger charge is -2.22. The van der Waals surface area contributed by atoms with Crippen LogP contribution in [-0.2, 0) is 5.41 Å². The van der Waals surface area contributed by atoms with E-state index in [9.17, 15) is 0 Å². The fourth-order valence-electron chi connectivity index (χ4n) is 17.7. The summed E-state index contributed by atoms with van der Waals surface area (Å²) >= 11 is 0. The van der Waals surface area contributed by atoms with Crippen LogP contribution < -0.4 is 0 Å². The Hall–Kier alpha value is -14.1. The van der Waals surface area contributed by atoms with Crippen molar-refractivity contribution in [2.45, 2.75) is 19.3 Å². The highest BCUT2D eigenvalue weighted by Crippen LogP contribution is 2.50. The first kappa shape index (κ1) is 63.4. The zero-order chi connectivity index (χ0) is 72.3. The molecule has 109 heavy (non-hydrogen) atoms. The summed E-state index contributed by atoms with van der Waals surface area (Å²) in [4.78, 5) is 0. The summed E-state index contributed by atoms with van der Waals surface area (Å²) in [5.41, 5.74) is 34.2. The molecule has 0 saturated carbocycles. The minimum Gasteiger partial charge on any atom is -0.309 e. The lowest BCUT2D eigenvalue weighted by molar-refractivity contribution is 0.660. The van der Waals surface area contributed by atoms with Crippen molar-refractivity contribution in [2.24, 2.45) is 0 Å². The van der Waals surface area contributed by atoms with E-state index in [0.29, 0.717) is 0 Å². The fraction of sp³-hybridized carbons (Fsp3) is 0.0286. The average molecular weight is 1390 g/mol. The Morgan fingerprint density at radius 2 is 0.422 bits per heavy atom. The molecule has 0 amide bonds. The molecular weight excluding hydrogens is 1320 g/mol. The maximum Gasteiger partial charge on any atom is 0.0547 e. The van der Waals surface area contributed by atoms with Gasteiger partial charge >= 0.3 is 0 Å².